The van der Waals surface area contributed by atoms with Crippen molar-refractivity contribution in [3.05, 3.63) is 0 Å². The summed E-state index contributed by atoms with van der Waals surface area (Å²) in [5.74, 6) is 5.39. The van der Waals surface area contributed by atoms with Gasteiger partial charge in [-0.2, -0.15) is 0 Å². The van der Waals surface area contributed by atoms with E-state index in [1.807, 2.05) is 13.8 Å². The Balaban J connectivity index is 2.15. The van der Waals surface area contributed by atoms with Crippen LogP contribution in [-0.4, -0.2) is 61.5 Å². The number of hydrogen-bond acceptors (Lipinski definition) is 3. The molecule has 0 unspecified atom stereocenters. The highest BCUT2D eigenvalue weighted by molar-refractivity contribution is 5.93. The number of nitrogens with one attached hydrogen (secondary N) is 1. The first kappa shape index (κ1) is 14.0. The molecule has 0 aromatic heterocycles. The average Bonchev–Trinajstić information content (AvgIpc) is 2.26. The van der Waals surface area contributed by atoms with E-state index in [1.165, 1.54) is 0 Å². The van der Waals surface area contributed by atoms with E-state index in [9.17, 15) is 4.79 Å². The van der Waals surface area contributed by atoms with E-state index < -0.39 is 0 Å². The zero-order valence-electron chi connectivity index (χ0n) is 11.1. The van der Waals surface area contributed by atoms with Crippen LogP contribution in [0.2, 0.25) is 0 Å². The quantitative estimate of drug-likeness (QED) is 0.710. The van der Waals surface area contributed by atoms with Gasteiger partial charge in [0.25, 0.3) is 5.91 Å². The van der Waals surface area contributed by atoms with Gasteiger partial charge in [-0.15, -0.1) is 0 Å². The highest BCUT2D eigenvalue weighted by atomic mass is 16.1. The Morgan fingerprint density at radius 3 is 2.53 bits per heavy atom. The van der Waals surface area contributed by atoms with Crippen molar-refractivity contribution < 1.29 is 4.79 Å². The van der Waals surface area contributed by atoms with E-state index in [0.717, 1.165) is 39.1 Å². The Bertz CT molecular complexity index is 296. The van der Waals surface area contributed by atoms with E-state index in [0.29, 0.717) is 0 Å². The van der Waals surface area contributed by atoms with Gasteiger partial charge in [0.2, 0.25) is 0 Å². The first-order chi connectivity index (χ1) is 8.08. The molecule has 1 amide bonds. The molecule has 1 saturated heterocycles. The van der Waals surface area contributed by atoms with Gasteiger partial charge in [0.05, 0.1) is 0 Å². The summed E-state index contributed by atoms with van der Waals surface area (Å²) in [6, 6.07) is 0.162. The number of piperazine rings is 1. The average molecular weight is 237 g/mol. The largest absolute Gasteiger partial charge is 0.343 e. The van der Waals surface area contributed by atoms with Crippen LogP contribution in [0.1, 0.15) is 20.3 Å². The molecular formula is C13H23N3O. The second-order valence-electron chi connectivity index (χ2n) is 4.82. The molecule has 17 heavy (non-hydrogen) atoms. The summed E-state index contributed by atoms with van der Waals surface area (Å²) in [5.41, 5.74) is 0. The van der Waals surface area contributed by atoms with Gasteiger partial charge >= 0.3 is 0 Å². The summed E-state index contributed by atoms with van der Waals surface area (Å²) in [6.07, 6.45) is 0.773. The molecule has 0 aliphatic carbocycles. The van der Waals surface area contributed by atoms with Crippen molar-refractivity contribution >= 4 is 5.91 Å². The Hall–Kier alpha value is -1.05. The molecule has 0 spiro atoms. The normalized spacial score (nSPS) is 17.6. The van der Waals surface area contributed by atoms with Gasteiger partial charge in [0, 0.05) is 45.2 Å². The smallest absolute Gasteiger partial charge is 0.296 e. The summed E-state index contributed by atoms with van der Waals surface area (Å²) in [6.45, 7) is 9.30. The first-order valence-electron chi connectivity index (χ1n) is 6.28. The van der Waals surface area contributed by atoms with Crippen LogP contribution in [0.3, 0.4) is 0 Å². The van der Waals surface area contributed by atoms with E-state index >= 15 is 0 Å². The molecule has 1 fully saturated rings. The van der Waals surface area contributed by atoms with E-state index in [4.69, 9.17) is 0 Å². The lowest BCUT2D eigenvalue weighted by atomic mass is 10.3. The number of nitrogens with zero attached hydrogens (tertiary/aromatic N) is 2. The fourth-order valence-corrected chi connectivity index (χ4v) is 1.73. The maximum Gasteiger partial charge on any atom is 0.296 e. The summed E-state index contributed by atoms with van der Waals surface area (Å²) in [5, 5.41) is 2.75. The van der Waals surface area contributed by atoms with Crippen LogP contribution in [0.4, 0.5) is 0 Å². The molecule has 0 aromatic rings. The molecule has 0 bridgehead atoms. The van der Waals surface area contributed by atoms with Gasteiger partial charge in [-0.3, -0.25) is 9.69 Å². The summed E-state index contributed by atoms with van der Waals surface area (Å²) in [4.78, 5) is 16.0. The molecule has 0 saturated carbocycles. The highest BCUT2D eigenvalue weighted by Gasteiger charge is 2.12. The third kappa shape index (κ3) is 6.30. The molecule has 1 N–H and O–H groups in total. The molecule has 4 nitrogen and oxygen atoms in total. The minimum absolute atomic E-state index is 0.162. The van der Waals surface area contributed by atoms with Crippen molar-refractivity contribution in [3.8, 4) is 11.8 Å². The number of hydrogen-bond donors (Lipinski definition) is 1. The minimum atomic E-state index is -0.168. The fourth-order valence-electron chi connectivity index (χ4n) is 1.73. The van der Waals surface area contributed by atoms with Crippen LogP contribution in [0, 0.1) is 11.8 Å². The van der Waals surface area contributed by atoms with Crippen molar-refractivity contribution in [3.63, 3.8) is 0 Å². The number of amides is 1. The lowest BCUT2D eigenvalue weighted by Gasteiger charge is -2.31. The lowest BCUT2D eigenvalue weighted by molar-refractivity contribution is -0.116. The topological polar surface area (TPSA) is 35.6 Å². The molecule has 1 rings (SSSR count). The van der Waals surface area contributed by atoms with Gasteiger partial charge in [0.1, 0.15) is 0 Å². The fraction of sp³-hybridized carbons (Fsp3) is 0.769. The Kier molecular flexibility index (Phi) is 6.03. The third-order valence-corrected chi connectivity index (χ3v) is 2.77. The van der Waals surface area contributed by atoms with Crippen molar-refractivity contribution in [2.75, 3.05) is 39.8 Å². The second kappa shape index (κ2) is 7.31. The Labute approximate surface area is 104 Å². The first-order valence-corrected chi connectivity index (χ1v) is 6.28. The maximum atomic E-state index is 11.2. The predicted molar refractivity (Wildman–Crippen MR) is 69.6 cm³/mol. The molecule has 0 aromatic carbocycles. The highest BCUT2D eigenvalue weighted by Crippen LogP contribution is 1.99. The van der Waals surface area contributed by atoms with Gasteiger partial charge < -0.3 is 10.2 Å². The molecule has 1 aliphatic heterocycles. The molecule has 1 aliphatic rings. The SMILES string of the molecule is CC(C)NC(=O)C#CCCN1CCN(C)CC1. The van der Waals surface area contributed by atoms with Crippen LogP contribution < -0.4 is 5.32 Å². The van der Waals surface area contributed by atoms with Crippen molar-refractivity contribution in [1.82, 2.24) is 15.1 Å². The summed E-state index contributed by atoms with van der Waals surface area (Å²) >= 11 is 0. The molecule has 4 heteroatoms. The number of carbonyl (C=O) groups excluding carboxylic acids is 1. The van der Waals surface area contributed by atoms with Gasteiger partial charge in [-0.05, 0) is 26.8 Å². The van der Waals surface area contributed by atoms with Crippen LogP contribution in [0.25, 0.3) is 0 Å². The van der Waals surface area contributed by atoms with E-state index in [1.54, 1.807) is 0 Å². The number of likely N-dealkylation sites (N-methyl/N-ethyl adjacent to an activating group) is 1. The van der Waals surface area contributed by atoms with Crippen LogP contribution in [0.5, 0.6) is 0 Å². The van der Waals surface area contributed by atoms with Crippen LogP contribution in [0.15, 0.2) is 0 Å². The monoisotopic (exact) mass is 237 g/mol. The lowest BCUT2D eigenvalue weighted by Crippen LogP contribution is -2.44. The summed E-state index contributed by atoms with van der Waals surface area (Å²) in [7, 11) is 2.15. The molecular weight excluding hydrogens is 214 g/mol. The zero-order valence-corrected chi connectivity index (χ0v) is 11.1. The Morgan fingerprint density at radius 2 is 1.94 bits per heavy atom. The van der Waals surface area contributed by atoms with Crippen LogP contribution in [-0.2, 0) is 4.79 Å². The molecule has 96 valence electrons. The predicted octanol–water partition coefficient (Wildman–Crippen LogP) is 0.152. The molecule has 1 heterocycles. The van der Waals surface area contributed by atoms with E-state index in [2.05, 4.69) is 34.0 Å². The van der Waals surface area contributed by atoms with Crippen molar-refractivity contribution in [1.29, 1.82) is 0 Å². The number of rotatable bonds is 3. The van der Waals surface area contributed by atoms with E-state index in [-0.39, 0.29) is 11.9 Å². The second-order valence-corrected chi connectivity index (χ2v) is 4.82. The van der Waals surface area contributed by atoms with Crippen molar-refractivity contribution in [2.24, 2.45) is 0 Å². The number of carbonyl (C=O) groups is 1. The van der Waals surface area contributed by atoms with Gasteiger partial charge in [-0.25, -0.2) is 0 Å². The van der Waals surface area contributed by atoms with Gasteiger partial charge in [0.15, 0.2) is 0 Å². The molecule has 0 radical (unpaired) electrons. The zero-order chi connectivity index (χ0) is 12.7. The third-order valence-electron chi connectivity index (χ3n) is 2.77. The maximum absolute atomic E-state index is 11.2. The molecule has 0 atom stereocenters. The standard InChI is InChI=1S/C13H23N3O/c1-12(2)14-13(17)6-4-5-7-16-10-8-15(3)9-11-16/h12H,5,7-11H2,1-3H3,(H,14,17). The summed E-state index contributed by atoms with van der Waals surface area (Å²) < 4.78 is 0. The van der Waals surface area contributed by atoms with Crippen LogP contribution >= 0.6 is 0 Å². The Morgan fingerprint density at radius 1 is 1.29 bits per heavy atom. The minimum Gasteiger partial charge on any atom is -0.343 e. The van der Waals surface area contributed by atoms with Crippen molar-refractivity contribution in [2.45, 2.75) is 26.3 Å². The van der Waals surface area contributed by atoms with Gasteiger partial charge in [-0.1, -0.05) is 5.92 Å².